The quantitative estimate of drug-likeness (QED) is 0.466. The summed E-state index contributed by atoms with van der Waals surface area (Å²) in [5.74, 6) is 0.0753. The lowest BCUT2D eigenvalue weighted by atomic mass is 10.2. The van der Waals surface area contributed by atoms with Crippen molar-refractivity contribution in [1.82, 2.24) is 4.98 Å². The van der Waals surface area contributed by atoms with Gasteiger partial charge in [-0.25, -0.2) is 9.37 Å². The van der Waals surface area contributed by atoms with E-state index >= 15 is 0 Å². The zero-order chi connectivity index (χ0) is 16.8. The van der Waals surface area contributed by atoms with Crippen LogP contribution in [0, 0.1) is 10.1 Å². The third-order valence-corrected chi connectivity index (χ3v) is 3.48. The van der Waals surface area contributed by atoms with E-state index in [1.54, 1.807) is 12.1 Å². The third-order valence-electron chi connectivity index (χ3n) is 3.27. The molecule has 0 unspecified atom stereocenters. The Morgan fingerprint density at radius 1 is 1.30 bits per heavy atom. The van der Waals surface area contributed by atoms with Gasteiger partial charge in [0, 0.05) is 30.5 Å². The van der Waals surface area contributed by atoms with E-state index in [1.807, 2.05) is 24.0 Å². The molecule has 23 heavy (non-hydrogen) atoms. The van der Waals surface area contributed by atoms with E-state index in [2.05, 4.69) is 10.3 Å². The second-order valence-corrected chi connectivity index (χ2v) is 5.09. The van der Waals surface area contributed by atoms with Crippen molar-refractivity contribution in [2.75, 3.05) is 30.0 Å². The molecule has 0 fully saturated rings. The van der Waals surface area contributed by atoms with E-state index in [0.717, 1.165) is 5.69 Å². The molecule has 0 atom stereocenters. The maximum atomic E-state index is 12.5. The van der Waals surface area contributed by atoms with Crippen LogP contribution in [0.25, 0.3) is 0 Å². The Morgan fingerprint density at radius 3 is 2.57 bits per heavy atom. The summed E-state index contributed by atoms with van der Waals surface area (Å²) in [6.45, 7) is 2.54. The summed E-state index contributed by atoms with van der Waals surface area (Å²) in [5.41, 5.74) is 1.35. The van der Waals surface area contributed by atoms with Gasteiger partial charge in [0.15, 0.2) is 0 Å². The van der Waals surface area contributed by atoms with E-state index in [9.17, 15) is 14.5 Å². The molecule has 0 saturated heterocycles. The average molecular weight is 339 g/mol. The first-order chi connectivity index (χ1) is 11.0. The van der Waals surface area contributed by atoms with Gasteiger partial charge in [-0.1, -0.05) is 11.6 Å². The van der Waals surface area contributed by atoms with Gasteiger partial charge in [-0.15, -0.1) is 0 Å². The molecule has 1 aromatic carbocycles. The molecular weight excluding hydrogens is 323 g/mol. The maximum absolute atomic E-state index is 12.5. The Labute approximate surface area is 138 Å². The SMILES string of the molecule is CCN(CCF)c1ccc(Nc2nc(Cl)ccc2[N+](=O)[O-])cc1. The first-order valence-electron chi connectivity index (χ1n) is 7.04. The average Bonchev–Trinajstić information content (AvgIpc) is 2.53. The van der Waals surface area contributed by atoms with Gasteiger partial charge in [-0.05, 0) is 37.3 Å². The zero-order valence-electron chi connectivity index (χ0n) is 12.5. The summed E-state index contributed by atoms with van der Waals surface area (Å²) in [6.07, 6.45) is 0. The van der Waals surface area contributed by atoms with Crippen LogP contribution in [0.1, 0.15) is 6.92 Å². The molecule has 0 aliphatic heterocycles. The van der Waals surface area contributed by atoms with Crippen molar-refractivity contribution in [3.05, 3.63) is 51.7 Å². The molecule has 0 aliphatic rings. The number of rotatable bonds is 7. The standard InChI is InChI=1S/C15H16ClFN4O2/c1-2-20(10-9-17)12-5-3-11(4-6-12)18-15-13(21(22)23)7-8-14(16)19-15/h3-8H,2,9-10H2,1H3,(H,18,19). The molecule has 0 saturated carbocycles. The molecule has 0 aliphatic carbocycles. The van der Waals surface area contributed by atoms with Crippen molar-refractivity contribution in [2.24, 2.45) is 0 Å². The summed E-state index contributed by atoms with van der Waals surface area (Å²) in [7, 11) is 0. The van der Waals surface area contributed by atoms with Gasteiger partial charge in [-0.3, -0.25) is 10.1 Å². The molecule has 8 heteroatoms. The Bertz CT molecular complexity index is 682. The van der Waals surface area contributed by atoms with E-state index in [1.165, 1.54) is 12.1 Å². The fourth-order valence-electron chi connectivity index (χ4n) is 2.13. The highest BCUT2D eigenvalue weighted by Crippen LogP contribution is 2.28. The number of pyridine rings is 1. The number of nitrogens with zero attached hydrogens (tertiary/aromatic N) is 3. The lowest BCUT2D eigenvalue weighted by molar-refractivity contribution is -0.384. The summed E-state index contributed by atoms with van der Waals surface area (Å²) in [4.78, 5) is 16.3. The predicted octanol–water partition coefficient (Wildman–Crippen LogP) is 4.18. The molecule has 1 heterocycles. The van der Waals surface area contributed by atoms with Gasteiger partial charge in [0.25, 0.3) is 0 Å². The first-order valence-corrected chi connectivity index (χ1v) is 7.42. The lowest BCUT2D eigenvalue weighted by Crippen LogP contribution is -2.24. The van der Waals surface area contributed by atoms with Crippen LogP contribution >= 0.6 is 11.6 Å². The van der Waals surface area contributed by atoms with E-state index in [4.69, 9.17) is 11.6 Å². The second-order valence-electron chi connectivity index (χ2n) is 4.70. The smallest absolute Gasteiger partial charge is 0.311 e. The number of nitro groups is 1. The predicted molar refractivity (Wildman–Crippen MR) is 89.5 cm³/mol. The Morgan fingerprint density at radius 2 is 2.00 bits per heavy atom. The minimum atomic E-state index is -0.528. The highest BCUT2D eigenvalue weighted by atomic mass is 35.5. The molecule has 1 N–H and O–H groups in total. The number of benzene rings is 1. The van der Waals surface area contributed by atoms with Crippen molar-refractivity contribution < 1.29 is 9.31 Å². The Hall–Kier alpha value is -2.41. The van der Waals surface area contributed by atoms with Gasteiger partial charge in [0.05, 0.1) is 4.92 Å². The fourth-order valence-corrected chi connectivity index (χ4v) is 2.28. The molecule has 1 aromatic heterocycles. The summed E-state index contributed by atoms with van der Waals surface area (Å²) < 4.78 is 12.5. The van der Waals surface area contributed by atoms with Gasteiger partial charge < -0.3 is 10.2 Å². The molecule has 2 aromatic rings. The first kappa shape index (κ1) is 17.0. The third kappa shape index (κ3) is 4.29. The second kappa shape index (κ2) is 7.73. The Kier molecular flexibility index (Phi) is 5.70. The number of hydrogen-bond donors (Lipinski definition) is 1. The van der Waals surface area contributed by atoms with Crippen LogP contribution in [0.3, 0.4) is 0 Å². The molecule has 6 nitrogen and oxygen atoms in total. The largest absolute Gasteiger partial charge is 0.369 e. The van der Waals surface area contributed by atoms with Gasteiger partial charge in [0.2, 0.25) is 5.82 Å². The number of halogens is 2. The van der Waals surface area contributed by atoms with Crippen molar-refractivity contribution >= 4 is 34.5 Å². The zero-order valence-corrected chi connectivity index (χ0v) is 13.3. The topological polar surface area (TPSA) is 71.3 Å². The monoisotopic (exact) mass is 338 g/mol. The van der Waals surface area contributed by atoms with Crippen LogP contribution in [0.15, 0.2) is 36.4 Å². The number of hydrogen-bond acceptors (Lipinski definition) is 5. The minimum absolute atomic E-state index is 0.0753. The number of nitrogens with one attached hydrogen (secondary N) is 1. The van der Waals surface area contributed by atoms with Crippen molar-refractivity contribution in [3.63, 3.8) is 0 Å². The van der Waals surface area contributed by atoms with Gasteiger partial charge in [0.1, 0.15) is 11.8 Å². The van der Waals surface area contributed by atoms with Gasteiger partial charge in [-0.2, -0.15) is 0 Å². The van der Waals surface area contributed by atoms with Crippen LogP contribution in [-0.2, 0) is 0 Å². The minimum Gasteiger partial charge on any atom is -0.369 e. The van der Waals surface area contributed by atoms with Crippen LogP contribution in [0.2, 0.25) is 5.15 Å². The van der Waals surface area contributed by atoms with E-state index in [0.29, 0.717) is 18.8 Å². The Balaban J connectivity index is 2.21. The number of aromatic nitrogens is 1. The number of anilines is 3. The molecule has 0 spiro atoms. The lowest BCUT2D eigenvalue weighted by Gasteiger charge is -2.21. The van der Waals surface area contributed by atoms with E-state index < -0.39 is 11.6 Å². The highest BCUT2D eigenvalue weighted by molar-refractivity contribution is 6.29. The molecular formula is C15H16ClFN4O2. The van der Waals surface area contributed by atoms with Crippen molar-refractivity contribution in [3.8, 4) is 0 Å². The normalized spacial score (nSPS) is 10.4. The summed E-state index contributed by atoms with van der Waals surface area (Å²) >= 11 is 5.79. The summed E-state index contributed by atoms with van der Waals surface area (Å²) in [5, 5.41) is 14.1. The fraction of sp³-hybridized carbons (Fsp3) is 0.267. The molecule has 0 amide bonds. The van der Waals surface area contributed by atoms with Crippen LogP contribution in [0.4, 0.5) is 27.3 Å². The summed E-state index contributed by atoms with van der Waals surface area (Å²) in [6, 6.07) is 9.80. The highest BCUT2D eigenvalue weighted by Gasteiger charge is 2.16. The van der Waals surface area contributed by atoms with Crippen LogP contribution < -0.4 is 10.2 Å². The molecule has 122 valence electrons. The number of alkyl halides is 1. The van der Waals surface area contributed by atoms with Crippen LogP contribution in [0.5, 0.6) is 0 Å². The van der Waals surface area contributed by atoms with Gasteiger partial charge >= 0.3 is 5.69 Å². The van der Waals surface area contributed by atoms with Crippen molar-refractivity contribution in [1.29, 1.82) is 0 Å². The maximum Gasteiger partial charge on any atom is 0.311 e. The molecule has 0 radical (unpaired) electrons. The van der Waals surface area contributed by atoms with Crippen LogP contribution in [-0.4, -0.2) is 29.7 Å². The van der Waals surface area contributed by atoms with Crippen molar-refractivity contribution in [2.45, 2.75) is 6.92 Å². The molecule has 0 bridgehead atoms. The van der Waals surface area contributed by atoms with E-state index in [-0.39, 0.29) is 16.7 Å². The molecule has 2 rings (SSSR count).